The first kappa shape index (κ1) is 22.8. The summed E-state index contributed by atoms with van der Waals surface area (Å²) in [6.45, 7) is 4.75. The lowest BCUT2D eigenvalue weighted by atomic mass is 9.77. The second-order valence-electron chi connectivity index (χ2n) is 10.7. The maximum absolute atomic E-state index is 13.6. The Morgan fingerprint density at radius 3 is 2.06 bits per heavy atom. The molecule has 0 unspecified atom stereocenters. The summed E-state index contributed by atoms with van der Waals surface area (Å²) in [6, 6.07) is 9.24. The lowest BCUT2D eigenvalue weighted by Gasteiger charge is -2.43. The second kappa shape index (κ2) is 11.0. The molecule has 3 aliphatic rings. The van der Waals surface area contributed by atoms with Gasteiger partial charge in [-0.2, -0.15) is 0 Å². The van der Waals surface area contributed by atoms with E-state index in [1.165, 1.54) is 89.0 Å². The van der Waals surface area contributed by atoms with Gasteiger partial charge < -0.3 is 4.90 Å². The minimum absolute atomic E-state index is 0.0550. The zero-order valence-electron chi connectivity index (χ0n) is 20.0. The fourth-order valence-corrected chi connectivity index (χ4v) is 6.35. The van der Waals surface area contributed by atoms with Crippen molar-refractivity contribution >= 4 is 5.91 Å². The molecule has 0 spiro atoms. The van der Waals surface area contributed by atoms with Crippen molar-refractivity contribution in [3.63, 3.8) is 0 Å². The maximum atomic E-state index is 13.6. The lowest BCUT2D eigenvalue weighted by molar-refractivity contribution is 0.0290. The summed E-state index contributed by atoms with van der Waals surface area (Å²) in [6.07, 6.45) is 18.6. The fraction of sp³-hybridized carbons (Fsp3) is 0.750. The Bertz CT molecular complexity index is 705. The molecule has 2 aliphatic carbocycles. The van der Waals surface area contributed by atoms with Crippen molar-refractivity contribution in [2.75, 3.05) is 0 Å². The van der Waals surface area contributed by atoms with Gasteiger partial charge in [-0.3, -0.25) is 10.1 Å². The number of hydrogen-bond donors (Lipinski definition) is 1. The third-order valence-electron chi connectivity index (χ3n) is 8.52. The summed E-state index contributed by atoms with van der Waals surface area (Å²) >= 11 is 0. The SMILES string of the molecule is C[C@@H]1[C@H](C)CCC[C@@H]1N1C(=O)c2ccccc2[C@H]1NC1CCCCCCCCCCC1. The smallest absolute Gasteiger partial charge is 0.256 e. The van der Waals surface area contributed by atoms with Gasteiger partial charge in [-0.15, -0.1) is 0 Å². The average Bonchev–Trinajstić information content (AvgIpc) is 3.04. The highest BCUT2D eigenvalue weighted by atomic mass is 16.2. The van der Waals surface area contributed by atoms with Gasteiger partial charge in [0.05, 0.1) is 0 Å². The second-order valence-corrected chi connectivity index (χ2v) is 10.7. The number of nitrogens with zero attached hydrogens (tertiary/aromatic N) is 1. The van der Waals surface area contributed by atoms with Crippen LogP contribution in [-0.4, -0.2) is 22.9 Å². The molecule has 0 saturated heterocycles. The molecule has 3 heteroatoms. The zero-order valence-corrected chi connectivity index (χ0v) is 20.0. The Morgan fingerprint density at radius 2 is 1.39 bits per heavy atom. The van der Waals surface area contributed by atoms with Gasteiger partial charge in [0.15, 0.2) is 0 Å². The minimum Gasteiger partial charge on any atom is -0.316 e. The first-order valence-electron chi connectivity index (χ1n) is 13.3. The highest BCUT2D eigenvalue weighted by Crippen LogP contribution is 2.41. The molecule has 172 valence electrons. The van der Waals surface area contributed by atoms with Crippen molar-refractivity contribution in [1.29, 1.82) is 0 Å². The number of hydrogen-bond acceptors (Lipinski definition) is 2. The molecule has 1 amide bonds. The largest absolute Gasteiger partial charge is 0.316 e. The maximum Gasteiger partial charge on any atom is 0.256 e. The summed E-state index contributed by atoms with van der Waals surface area (Å²) in [5, 5.41) is 4.04. The van der Waals surface area contributed by atoms with Crippen LogP contribution in [0.5, 0.6) is 0 Å². The van der Waals surface area contributed by atoms with Gasteiger partial charge in [0.25, 0.3) is 5.91 Å². The standard InChI is InChI=1S/C28H44N2O/c1-21-15-14-20-26(22(21)2)30-27(24-18-12-13-19-25(24)28(30)31)29-23-16-10-8-6-4-3-5-7-9-11-17-23/h12-13,18-19,21-23,26-27,29H,3-11,14-17,20H2,1-2H3/t21-,22-,26+,27+/m1/s1. The predicted molar refractivity (Wildman–Crippen MR) is 129 cm³/mol. The average molecular weight is 425 g/mol. The van der Waals surface area contributed by atoms with E-state index in [0.29, 0.717) is 23.9 Å². The summed E-state index contributed by atoms with van der Waals surface area (Å²) in [5.41, 5.74) is 2.14. The Labute approximate surface area is 190 Å². The highest BCUT2D eigenvalue weighted by molar-refractivity contribution is 5.99. The topological polar surface area (TPSA) is 32.3 Å². The Morgan fingerprint density at radius 1 is 0.774 bits per heavy atom. The number of amides is 1. The molecule has 4 rings (SSSR count). The predicted octanol–water partition coefficient (Wildman–Crippen LogP) is 7.23. The van der Waals surface area contributed by atoms with Gasteiger partial charge in [-0.25, -0.2) is 0 Å². The van der Waals surface area contributed by atoms with E-state index in [-0.39, 0.29) is 12.1 Å². The number of nitrogens with one attached hydrogen (secondary N) is 1. The van der Waals surface area contributed by atoms with Crippen LogP contribution in [0.25, 0.3) is 0 Å². The van der Waals surface area contributed by atoms with E-state index >= 15 is 0 Å². The molecule has 0 aromatic heterocycles. The molecule has 0 radical (unpaired) electrons. The molecule has 31 heavy (non-hydrogen) atoms. The van der Waals surface area contributed by atoms with Crippen LogP contribution in [0.3, 0.4) is 0 Å². The number of benzene rings is 1. The van der Waals surface area contributed by atoms with Gasteiger partial charge in [0.1, 0.15) is 6.17 Å². The van der Waals surface area contributed by atoms with Crippen molar-refractivity contribution < 1.29 is 4.79 Å². The monoisotopic (exact) mass is 424 g/mol. The first-order valence-corrected chi connectivity index (χ1v) is 13.3. The third-order valence-corrected chi connectivity index (χ3v) is 8.52. The molecule has 1 N–H and O–H groups in total. The molecule has 1 aromatic rings. The third kappa shape index (κ3) is 5.35. The molecule has 2 fully saturated rings. The van der Waals surface area contributed by atoms with E-state index < -0.39 is 0 Å². The number of carbonyl (C=O) groups is 1. The van der Waals surface area contributed by atoms with Crippen LogP contribution in [0, 0.1) is 11.8 Å². The van der Waals surface area contributed by atoms with Gasteiger partial charge in [-0.1, -0.05) is 103 Å². The molecular formula is C28H44N2O. The van der Waals surface area contributed by atoms with Crippen LogP contribution < -0.4 is 5.32 Å². The Hall–Kier alpha value is -1.35. The van der Waals surface area contributed by atoms with E-state index in [4.69, 9.17) is 0 Å². The zero-order chi connectivity index (χ0) is 21.6. The number of rotatable bonds is 3. The van der Waals surface area contributed by atoms with Crippen LogP contribution in [0.2, 0.25) is 0 Å². The molecule has 3 nitrogen and oxygen atoms in total. The summed E-state index contributed by atoms with van der Waals surface area (Å²) in [5.74, 6) is 1.51. The van der Waals surface area contributed by atoms with Crippen molar-refractivity contribution in [2.45, 2.75) is 122 Å². The van der Waals surface area contributed by atoms with Crippen LogP contribution in [0.4, 0.5) is 0 Å². The van der Waals surface area contributed by atoms with E-state index in [9.17, 15) is 4.79 Å². The van der Waals surface area contributed by atoms with Gasteiger partial charge in [0.2, 0.25) is 0 Å². The normalized spacial score (nSPS) is 31.7. The number of fused-ring (bicyclic) bond motifs is 1. The van der Waals surface area contributed by atoms with Crippen molar-refractivity contribution in [2.24, 2.45) is 11.8 Å². The van der Waals surface area contributed by atoms with E-state index in [0.717, 1.165) is 12.0 Å². The first-order chi connectivity index (χ1) is 15.2. The summed E-state index contributed by atoms with van der Waals surface area (Å²) in [4.78, 5) is 15.9. The van der Waals surface area contributed by atoms with Crippen LogP contribution in [0.1, 0.15) is 126 Å². The molecule has 4 atom stereocenters. The van der Waals surface area contributed by atoms with Crippen LogP contribution >= 0.6 is 0 Å². The van der Waals surface area contributed by atoms with E-state index in [2.05, 4.69) is 36.2 Å². The molecule has 0 bridgehead atoms. The Balaban J connectivity index is 1.54. The van der Waals surface area contributed by atoms with Gasteiger partial charge in [0, 0.05) is 23.2 Å². The molecule has 2 saturated carbocycles. The fourth-order valence-electron chi connectivity index (χ4n) is 6.35. The van der Waals surface area contributed by atoms with E-state index in [1.807, 2.05) is 12.1 Å². The Kier molecular flexibility index (Phi) is 8.09. The molecule has 1 aliphatic heterocycles. The molecule has 1 heterocycles. The molecule has 1 aromatic carbocycles. The van der Waals surface area contributed by atoms with Crippen molar-refractivity contribution in [3.05, 3.63) is 35.4 Å². The summed E-state index contributed by atoms with van der Waals surface area (Å²) in [7, 11) is 0. The summed E-state index contributed by atoms with van der Waals surface area (Å²) < 4.78 is 0. The number of carbonyl (C=O) groups excluding carboxylic acids is 1. The van der Waals surface area contributed by atoms with Crippen molar-refractivity contribution in [1.82, 2.24) is 10.2 Å². The van der Waals surface area contributed by atoms with Gasteiger partial charge >= 0.3 is 0 Å². The molecular weight excluding hydrogens is 380 g/mol. The van der Waals surface area contributed by atoms with Crippen LogP contribution in [-0.2, 0) is 0 Å². The quantitative estimate of drug-likeness (QED) is 0.555. The minimum atomic E-state index is 0.0550. The van der Waals surface area contributed by atoms with Gasteiger partial charge in [-0.05, 0) is 37.2 Å². The van der Waals surface area contributed by atoms with E-state index in [1.54, 1.807) is 0 Å². The lowest BCUT2D eigenvalue weighted by Crippen LogP contribution is -2.51. The van der Waals surface area contributed by atoms with Crippen molar-refractivity contribution in [3.8, 4) is 0 Å². The highest BCUT2D eigenvalue weighted by Gasteiger charge is 2.44. The van der Waals surface area contributed by atoms with Crippen LogP contribution in [0.15, 0.2) is 24.3 Å².